The van der Waals surface area contributed by atoms with Gasteiger partial charge in [-0.05, 0) is 6.42 Å². The molecule has 0 saturated carbocycles. The van der Waals surface area contributed by atoms with Crippen molar-refractivity contribution >= 4 is 5.97 Å². The number of carbonyl (C=O) groups is 1. The van der Waals surface area contributed by atoms with Crippen LogP contribution in [-0.4, -0.2) is 17.9 Å². The molecule has 0 unspecified atom stereocenters. The maximum atomic E-state index is 11.1. The summed E-state index contributed by atoms with van der Waals surface area (Å²) in [4.78, 5) is 11.1. The summed E-state index contributed by atoms with van der Waals surface area (Å²) in [5.41, 5.74) is 0. The van der Waals surface area contributed by atoms with Crippen molar-refractivity contribution in [1.29, 1.82) is 0 Å². The third-order valence-corrected chi connectivity index (χ3v) is 8.21. The smallest absolute Gasteiger partial charge is 0.307 e. The van der Waals surface area contributed by atoms with Crippen molar-refractivity contribution in [2.45, 2.75) is 212 Å². The molecule has 0 aliphatic heterocycles. The SMILES string of the molecule is CCCCCCCCCCCCCCCCCCCCCCCCCCCCCCCCCC(=O)OCO. The van der Waals surface area contributed by atoms with Crippen LogP contribution >= 0.6 is 0 Å². The summed E-state index contributed by atoms with van der Waals surface area (Å²) in [6.45, 7) is 1.81. The van der Waals surface area contributed by atoms with E-state index >= 15 is 0 Å². The van der Waals surface area contributed by atoms with Gasteiger partial charge in [-0.15, -0.1) is 0 Å². The maximum absolute atomic E-state index is 11.1. The lowest BCUT2D eigenvalue weighted by atomic mass is 10.0. The number of hydrogen-bond donors (Lipinski definition) is 1. The topological polar surface area (TPSA) is 46.5 Å². The Balaban J connectivity index is 3.04. The van der Waals surface area contributed by atoms with Gasteiger partial charge in [0.2, 0.25) is 0 Å². The summed E-state index contributed by atoms with van der Waals surface area (Å²) in [6.07, 6.45) is 44.0. The first-order chi connectivity index (χ1) is 18.8. The highest BCUT2D eigenvalue weighted by molar-refractivity contribution is 5.69. The van der Waals surface area contributed by atoms with E-state index in [4.69, 9.17) is 5.11 Å². The minimum absolute atomic E-state index is 0.275. The first-order valence-corrected chi connectivity index (χ1v) is 17.6. The molecule has 3 heteroatoms. The van der Waals surface area contributed by atoms with E-state index in [-0.39, 0.29) is 5.97 Å². The summed E-state index contributed by atoms with van der Waals surface area (Å²) in [5, 5.41) is 8.51. The van der Waals surface area contributed by atoms with Crippen LogP contribution in [0.25, 0.3) is 0 Å². The van der Waals surface area contributed by atoms with Gasteiger partial charge in [-0.2, -0.15) is 0 Å². The second-order valence-corrected chi connectivity index (χ2v) is 12.0. The zero-order valence-electron chi connectivity index (χ0n) is 26.1. The molecule has 0 rings (SSSR count). The Bertz CT molecular complexity index is 437. The molecule has 0 fully saturated rings. The number of aliphatic hydroxyl groups excluding tert-OH is 1. The molecule has 0 spiro atoms. The van der Waals surface area contributed by atoms with Crippen LogP contribution in [0.1, 0.15) is 212 Å². The molecular weight excluding hydrogens is 468 g/mol. The minimum Gasteiger partial charge on any atom is -0.439 e. The van der Waals surface area contributed by atoms with E-state index < -0.39 is 6.79 Å². The molecule has 0 bridgehead atoms. The Labute approximate surface area is 239 Å². The van der Waals surface area contributed by atoms with E-state index in [1.807, 2.05) is 0 Å². The number of ether oxygens (including phenoxy) is 1. The van der Waals surface area contributed by atoms with E-state index in [1.165, 1.54) is 186 Å². The molecule has 0 aliphatic carbocycles. The molecular formula is C35H70O3. The maximum Gasteiger partial charge on any atom is 0.307 e. The van der Waals surface area contributed by atoms with Gasteiger partial charge >= 0.3 is 5.97 Å². The average Bonchev–Trinajstić information content (AvgIpc) is 2.92. The van der Waals surface area contributed by atoms with Gasteiger partial charge in [-0.1, -0.05) is 200 Å². The van der Waals surface area contributed by atoms with E-state index in [0.29, 0.717) is 6.42 Å². The third kappa shape index (κ3) is 33.5. The molecule has 0 atom stereocenters. The first kappa shape index (κ1) is 37.4. The summed E-state index contributed by atoms with van der Waals surface area (Å²) in [5.74, 6) is -0.275. The number of hydrogen-bond acceptors (Lipinski definition) is 3. The normalized spacial score (nSPS) is 11.3. The Morgan fingerprint density at radius 3 is 0.816 bits per heavy atom. The largest absolute Gasteiger partial charge is 0.439 e. The van der Waals surface area contributed by atoms with Crippen molar-refractivity contribution in [3.05, 3.63) is 0 Å². The molecule has 0 radical (unpaired) electrons. The van der Waals surface area contributed by atoms with Gasteiger partial charge in [-0.3, -0.25) is 4.79 Å². The van der Waals surface area contributed by atoms with Gasteiger partial charge in [-0.25, -0.2) is 0 Å². The zero-order valence-corrected chi connectivity index (χ0v) is 26.1. The fourth-order valence-corrected chi connectivity index (χ4v) is 5.61. The van der Waals surface area contributed by atoms with Crippen LogP contribution in [0.5, 0.6) is 0 Å². The Morgan fingerprint density at radius 1 is 0.395 bits per heavy atom. The second kappa shape index (κ2) is 34.5. The second-order valence-electron chi connectivity index (χ2n) is 12.0. The van der Waals surface area contributed by atoms with Crippen LogP contribution in [0.4, 0.5) is 0 Å². The molecule has 0 saturated heterocycles. The average molecular weight is 539 g/mol. The molecule has 1 N–H and O–H groups in total. The molecule has 0 aliphatic rings. The van der Waals surface area contributed by atoms with E-state index in [2.05, 4.69) is 11.7 Å². The third-order valence-electron chi connectivity index (χ3n) is 8.21. The molecule has 0 aromatic heterocycles. The summed E-state index contributed by atoms with van der Waals surface area (Å²) >= 11 is 0. The van der Waals surface area contributed by atoms with Crippen LogP contribution < -0.4 is 0 Å². The van der Waals surface area contributed by atoms with E-state index in [9.17, 15) is 4.79 Å². The molecule has 38 heavy (non-hydrogen) atoms. The lowest BCUT2D eigenvalue weighted by Crippen LogP contribution is -2.04. The fraction of sp³-hybridized carbons (Fsp3) is 0.971. The molecule has 0 amide bonds. The zero-order chi connectivity index (χ0) is 27.6. The van der Waals surface area contributed by atoms with Crippen LogP contribution in [0.15, 0.2) is 0 Å². The number of rotatable bonds is 33. The van der Waals surface area contributed by atoms with Crippen molar-refractivity contribution < 1.29 is 14.6 Å². The van der Waals surface area contributed by atoms with Crippen LogP contribution in [0, 0.1) is 0 Å². The lowest BCUT2D eigenvalue weighted by Gasteiger charge is -2.05. The van der Waals surface area contributed by atoms with Gasteiger partial charge in [0.05, 0.1) is 0 Å². The summed E-state index contributed by atoms with van der Waals surface area (Å²) < 4.78 is 4.52. The Kier molecular flexibility index (Phi) is 33.9. The van der Waals surface area contributed by atoms with Gasteiger partial charge in [0.1, 0.15) is 0 Å². The van der Waals surface area contributed by atoms with Crippen LogP contribution in [-0.2, 0) is 9.53 Å². The lowest BCUT2D eigenvalue weighted by molar-refractivity contribution is -0.151. The molecule has 228 valence electrons. The molecule has 0 heterocycles. The summed E-state index contributed by atoms with van der Waals surface area (Å²) in [6, 6.07) is 0. The van der Waals surface area contributed by atoms with Crippen molar-refractivity contribution in [2.24, 2.45) is 0 Å². The van der Waals surface area contributed by atoms with Crippen molar-refractivity contribution in [3.63, 3.8) is 0 Å². The number of unbranched alkanes of at least 4 members (excludes halogenated alkanes) is 30. The quantitative estimate of drug-likeness (QED) is 0.0513. The minimum atomic E-state index is -0.488. The Hall–Kier alpha value is -0.570. The highest BCUT2D eigenvalue weighted by atomic mass is 16.6. The molecule has 0 aromatic rings. The molecule has 3 nitrogen and oxygen atoms in total. The monoisotopic (exact) mass is 539 g/mol. The van der Waals surface area contributed by atoms with Crippen molar-refractivity contribution in [1.82, 2.24) is 0 Å². The fourth-order valence-electron chi connectivity index (χ4n) is 5.61. The summed E-state index contributed by atoms with van der Waals surface area (Å²) in [7, 11) is 0. The number of carbonyl (C=O) groups excluding carboxylic acids is 1. The highest BCUT2D eigenvalue weighted by Gasteiger charge is 2.01. The van der Waals surface area contributed by atoms with Gasteiger partial charge in [0.25, 0.3) is 0 Å². The molecule has 0 aromatic carbocycles. The first-order valence-electron chi connectivity index (χ1n) is 17.6. The predicted molar refractivity (Wildman–Crippen MR) is 167 cm³/mol. The van der Waals surface area contributed by atoms with Gasteiger partial charge in [0, 0.05) is 6.42 Å². The van der Waals surface area contributed by atoms with E-state index in [0.717, 1.165) is 12.8 Å². The van der Waals surface area contributed by atoms with Crippen LogP contribution in [0.2, 0.25) is 0 Å². The standard InChI is InChI=1S/C35H70O3/c1-2-3-4-5-6-7-8-9-10-11-12-13-14-15-16-17-18-19-20-21-22-23-24-25-26-27-28-29-30-31-32-33-35(37)38-34-36/h36H,2-34H2,1H3. The van der Waals surface area contributed by atoms with E-state index in [1.54, 1.807) is 0 Å². The van der Waals surface area contributed by atoms with Crippen molar-refractivity contribution in [3.8, 4) is 0 Å². The van der Waals surface area contributed by atoms with Crippen LogP contribution in [0.3, 0.4) is 0 Å². The Morgan fingerprint density at radius 2 is 0.605 bits per heavy atom. The van der Waals surface area contributed by atoms with Gasteiger partial charge < -0.3 is 9.84 Å². The highest BCUT2D eigenvalue weighted by Crippen LogP contribution is 2.16. The van der Waals surface area contributed by atoms with Crippen molar-refractivity contribution in [2.75, 3.05) is 6.79 Å². The van der Waals surface area contributed by atoms with Gasteiger partial charge in [0.15, 0.2) is 6.79 Å². The number of aliphatic hydroxyl groups is 1. The predicted octanol–water partition coefficient (Wildman–Crippen LogP) is 12.0. The number of esters is 1.